The van der Waals surface area contributed by atoms with E-state index in [2.05, 4.69) is 5.32 Å². The van der Waals surface area contributed by atoms with E-state index in [-0.39, 0.29) is 6.04 Å². The average molecular weight is 259 g/mol. The van der Waals surface area contributed by atoms with Gasteiger partial charge in [0, 0.05) is 19.7 Å². The van der Waals surface area contributed by atoms with Crippen LogP contribution in [-0.2, 0) is 4.74 Å². The number of aliphatic hydroxyl groups excluding tert-OH is 1. The summed E-state index contributed by atoms with van der Waals surface area (Å²) in [4.78, 5) is 0. The van der Waals surface area contributed by atoms with Gasteiger partial charge >= 0.3 is 0 Å². The van der Waals surface area contributed by atoms with Crippen LogP contribution in [0, 0.1) is 11.6 Å². The van der Waals surface area contributed by atoms with Crippen LogP contribution >= 0.6 is 0 Å². The number of benzene rings is 1. The zero-order valence-electron chi connectivity index (χ0n) is 10.6. The maximum atomic E-state index is 13.1. The fraction of sp³-hybridized carbons (Fsp3) is 0.538. The summed E-state index contributed by atoms with van der Waals surface area (Å²) in [6.45, 7) is 3.03. The van der Waals surface area contributed by atoms with E-state index in [0.717, 1.165) is 12.1 Å². The van der Waals surface area contributed by atoms with Gasteiger partial charge in [-0.05, 0) is 24.1 Å². The number of hydrogen-bond acceptors (Lipinski definition) is 3. The molecule has 0 radical (unpaired) electrons. The highest BCUT2D eigenvalue weighted by atomic mass is 19.2. The van der Waals surface area contributed by atoms with Crippen molar-refractivity contribution in [2.45, 2.75) is 25.5 Å². The van der Waals surface area contributed by atoms with E-state index in [4.69, 9.17) is 4.74 Å². The van der Waals surface area contributed by atoms with E-state index in [0.29, 0.717) is 25.1 Å². The van der Waals surface area contributed by atoms with E-state index in [1.807, 2.05) is 6.92 Å². The highest BCUT2D eigenvalue weighted by Gasteiger charge is 2.19. The van der Waals surface area contributed by atoms with Gasteiger partial charge in [0.2, 0.25) is 0 Å². The number of ether oxygens (including phenoxy) is 1. The molecule has 0 bridgehead atoms. The molecule has 0 heterocycles. The number of hydrogen-bond donors (Lipinski definition) is 2. The van der Waals surface area contributed by atoms with Crippen LogP contribution in [0.3, 0.4) is 0 Å². The Labute approximate surface area is 106 Å². The van der Waals surface area contributed by atoms with Crippen molar-refractivity contribution in [2.24, 2.45) is 0 Å². The van der Waals surface area contributed by atoms with Gasteiger partial charge in [0.25, 0.3) is 0 Å². The van der Waals surface area contributed by atoms with Crippen molar-refractivity contribution in [3.63, 3.8) is 0 Å². The number of nitrogens with one attached hydrogen (secondary N) is 1. The predicted molar refractivity (Wildman–Crippen MR) is 65.3 cm³/mol. The summed E-state index contributed by atoms with van der Waals surface area (Å²) in [5.41, 5.74) is 0.366. The van der Waals surface area contributed by atoms with Gasteiger partial charge in [0.1, 0.15) is 0 Å². The van der Waals surface area contributed by atoms with Crippen LogP contribution in [0.1, 0.15) is 25.0 Å². The molecule has 0 aromatic heterocycles. The summed E-state index contributed by atoms with van der Waals surface area (Å²) >= 11 is 0. The third-order valence-electron chi connectivity index (χ3n) is 2.82. The van der Waals surface area contributed by atoms with Crippen molar-refractivity contribution in [3.8, 4) is 0 Å². The lowest BCUT2D eigenvalue weighted by molar-refractivity contribution is 0.117. The summed E-state index contributed by atoms with van der Waals surface area (Å²) in [5, 5.41) is 13.2. The molecule has 5 heteroatoms. The molecular weight excluding hydrogens is 240 g/mol. The van der Waals surface area contributed by atoms with Gasteiger partial charge in [-0.1, -0.05) is 13.0 Å². The number of methoxy groups -OCH3 is 1. The Kier molecular flexibility index (Phi) is 6.18. The summed E-state index contributed by atoms with van der Waals surface area (Å²) in [7, 11) is 1.59. The third-order valence-corrected chi connectivity index (χ3v) is 2.82. The first-order valence-corrected chi connectivity index (χ1v) is 5.95. The summed E-state index contributed by atoms with van der Waals surface area (Å²) in [6.07, 6.45) is -0.203. The van der Waals surface area contributed by atoms with Gasteiger partial charge in [-0.25, -0.2) is 8.78 Å². The minimum Gasteiger partial charge on any atom is -0.387 e. The van der Waals surface area contributed by atoms with E-state index < -0.39 is 17.7 Å². The molecule has 0 spiro atoms. The number of halogens is 2. The first-order valence-electron chi connectivity index (χ1n) is 5.95. The van der Waals surface area contributed by atoms with Crippen LogP contribution in [0.15, 0.2) is 18.2 Å². The van der Waals surface area contributed by atoms with Crippen LogP contribution in [-0.4, -0.2) is 31.4 Å². The highest BCUT2D eigenvalue weighted by Crippen LogP contribution is 2.20. The normalized spacial score (nSPS) is 14.5. The Morgan fingerprint density at radius 3 is 2.61 bits per heavy atom. The average Bonchev–Trinajstić information content (AvgIpc) is 2.37. The number of rotatable bonds is 7. The van der Waals surface area contributed by atoms with Crippen molar-refractivity contribution in [3.05, 3.63) is 35.4 Å². The second kappa shape index (κ2) is 7.41. The maximum Gasteiger partial charge on any atom is 0.159 e. The van der Waals surface area contributed by atoms with Crippen molar-refractivity contribution >= 4 is 0 Å². The van der Waals surface area contributed by atoms with Crippen molar-refractivity contribution in [2.75, 3.05) is 20.3 Å². The van der Waals surface area contributed by atoms with Gasteiger partial charge < -0.3 is 15.2 Å². The molecule has 1 rings (SSSR count). The summed E-state index contributed by atoms with van der Waals surface area (Å²) in [6, 6.07) is 3.23. The van der Waals surface area contributed by atoms with Gasteiger partial charge in [-0.2, -0.15) is 0 Å². The molecule has 0 aliphatic carbocycles. The van der Waals surface area contributed by atoms with E-state index >= 15 is 0 Å². The Hall–Kier alpha value is -1.04. The molecule has 1 aromatic rings. The fourth-order valence-corrected chi connectivity index (χ4v) is 1.75. The highest BCUT2D eigenvalue weighted by molar-refractivity contribution is 5.21. The smallest absolute Gasteiger partial charge is 0.159 e. The molecule has 0 aliphatic rings. The molecule has 0 saturated heterocycles. The van der Waals surface area contributed by atoms with Crippen LogP contribution in [0.5, 0.6) is 0 Å². The molecular formula is C13H19F2NO2. The third kappa shape index (κ3) is 4.01. The second-order valence-corrected chi connectivity index (χ2v) is 4.08. The predicted octanol–water partition coefficient (Wildman–Crippen LogP) is 2.01. The Morgan fingerprint density at radius 2 is 2.06 bits per heavy atom. The molecule has 0 saturated carbocycles. The zero-order chi connectivity index (χ0) is 13.5. The van der Waals surface area contributed by atoms with Crippen molar-refractivity contribution < 1.29 is 18.6 Å². The summed E-state index contributed by atoms with van der Waals surface area (Å²) < 4.78 is 30.8. The van der Waals surface area contributed by atoms with E-state index in [9.17, 15) is 13.9 Å². The SMILES string of the molecule is CCC(NCCOC)C(O)c1ccc(F)c(F)c1. The molecule has 2 unspecified atom stereocenters. The maximum absolute atomic E-state index is 13.1. The van der Waals surface area contributed by atoms with Crippen LogP contribution in [0.4, 0.5) is 8.78 Å². The van der Waals surface area contributed by atoms with E-state index in [1.165, 1.54) is 6.07 Å². The minimum absolute atomic E-state index is 0.218. The van der Waals surface area contributed by atoms with Gasteiger partial charge in [0.05, 0.1) is 12.7 Å². The zero-order valence-corrected chi connectivity index (χ0v) is 10.6. The first-order chi connectivity index (χ1) is 8.60. The first kappa shape index (κ1) is 15.0. The topological polar surface area (TPSA) is 41.5 Å². The molecule has 1 aromatic carbocycles. The van der Waals surface area contributed by atoms with Crippen molar-refractivity contribution in [1.29, 1.82) is 0 Å². The lowest BCUT2D eigenvalue weighted by Crippen LogP contribution is -2.36. The van der Waals surface area contributed by atoms with Crippen molar-refractivity contribution in [1.82, 2.24) is 5.32 Å². The molecule has 18 heavy (non-hydrogen) atoms. The van der Waals surface area contributed by atoms with Gasteiger partial charge in [-0.15, -0.1) is 0 Å². The quantitative estimate of drug-likeness (QED) is 0.736. The fourth-order valence-electron chi connectivity index (χ4n) is 1.75. The Balaban J connectivity index is 2.69. The summed E-state index contributed by atoms with van der Waals surface area (Å²) in [5.74, 6) is -1.86. The monoisotopic (exact) mass is 259 g/mol. The second-order valence-electron chi connectivity index (χ2n) is 4.08. The Bertz CT molecular complexity index is 374. The largest absolute Gasteiger partial charge is 0.387 e. The Morgan fingerprint density at radius 1 is 1.33 bits per heavy atom. The van der Waals surface area contributed by atoms with Crippen LogP contribution in [0.25, 0.3) is 0 Å². The molecule has 2 atom stereocenters. The molecule has 3 nitrogen and oxygen atoms in total. The molecule has 2 N–H and O–H groups in total. The molecule has 0 aliphatic heterocycles. The lowest BCUT2D eigenvalue weighted by atomic mass is 10.00. The minimum atomic E-state index is -0.946. The lowest BCUT2D eigenvalue weighted by Gasteiger charge is -2.23. The van der Waals surface area contributed by atoms with Crippen LogP contribution < -0.4 is 5.32 Å². The van der Waals surface area contributed by atoms with Gasteiger partial charge in [0.15, 0.2) is 11.6 Å². The standard InChI is InChI=1S/C13H19F2NO2/c1-3-12(16-6-7-18-2)13(17)9-4-5-10(14)11(15)8-9/h4-5,8,12-13,16-17H,3,6-7H2,1-2H3. The van der Waals surface area contributed by atoms with Crippen LogP contribution in [0.2, 0.25) is 0 Å². The number of aliphatic hydroxyl groups is 1. The van der Waals surface area contributed by atoms with E-state index in [1.54, 1.807) is 7.11 Å². The molecule has 0 fully saturated rings. The molecule has 0 amide bonds. The molecule has 102 valence electrons. The van der Waals surface area contributed by atoms with Gasteiger partial charge in [-0.3, -0.25) is 0 Å².